The number of ether oxygens (including phenoxy) is 2. The van der Waals surface area contributed by atoms with E-state index in [9.17, 15) is 23.4 Å². The standard InChI is InChI=1S/C29H30FNO7S/c1-18-3-4-19(12-27(34)29(9-10-29)20-5-8-25-26(13-20)38-17-37-25)11-23(18)22-7-6-21(14-24(22)30)39(35,36)31-28(2,15-32)16-33/h3-8,11,13-14,31-33H,9-10,12,15-17H2,1-2H3. The second-order valence-corrected chi connectivity index (χ2v) is 12.2. The van der Waals surface area contributed by atoms with Gasteiger partial charge >= 0.3 is 0 Å². The second-order valence-electron chi connectivity index (χ2n) is 10.5. The Bertz CT molecular complexity index is 1550. The molecule has 0 radical (unpaired) electrons. The molecule has 39 heavy (non-hydrogen) atoms. The molecule has 0 aromatic heterocycles. The number of hydrogen-bond donors (Lipinski definition) is 3. The lowest BCUT2D eigenvalue weighted by molar-refractivity contribution is -0.120. The van der Waals surface area contributed by atoms with Crippen LogP contribution < -0.4 is 14.2 Å². The summed E-state index contributed by atoms with van der Waals surface area (Å²) in [7, 11) is -4.21. The minimum absolute atomic E-state index is 0.0694. The molecule has 0 spiro atoms. The molecule has 0 atom stereocenters. The number of aliphatic hydroxyl groups is 2. The minimum Gasteiger partial charge on any atom is -0.454 e. The highest BCUT2D eigenvalue weighted by molar-refractivity contribution is 7.89. The van der Waals surface area contributed by atoms with Gasteiger partial charge in [0.15, 0.2) is 11.5 Å². The Labute approximate surface area is 226 Å². The van der Waals surface area contributed by atoms with Crippen LogP contribution in [0.4, 0.5) is 4.39 Å². The van der Waals surface area contributed by atoms with Crippen molar-refractivity contribution in [1.82, 2.24) is 4.72 Å². The molecule has 3 N–H and O–H groups in total. The molecule has 2 aliphatic rings. The van der Waals surface area contributed by atoms with Crippen LogP contribution in [0.15, 0.2) is 59.5 Å². The summed E-state index contributed by atoms with van der Waals surface area (Å²) in [6.07, 6.45) is 1.66. The Morgan fingerprint density at radius 1 is 1.00 bits per heavy atom. The van der Waals surface area contributed by atoms with Gasteiger partial charge in [0.1, 0.15) is 11.6 Å². The number of benzene rings is 3. The Morgan fingerprint density at radius 3 is 2.38 bits per heavy atom. The molecule has 3 aromatic carbocycles. The zero-order valence-electron chi connectivity index (χ0n) is 21.7. The summed E-state index contributed by atoms with van der Waals surface area (Å²) in [6.45, 7) is 2.05. The molecule has 0 bridgehead atoms. The van der Waals surface area contributed by atoms with E-state index in [-0.39, 0.29) is 29.5 Å². The lowest BCUT2D eigenvalue weighted by Gasteiger charge is -2.25. The lowest BCUT2D eigenvalue weighted by Crippen LogP contribution is -2.51. The number of aryl methyl sites for hydroxylation is 1. The topological polar surface area (TPSA) is 122 Å². The summed E-state index contributed by atoms with van der Waals surface area (Å²) in [4.78, 5) is 13.1. The van der Waals surface area contributed by atoms with Gasteiger partial charge < -0.3 is 19.7 Å². The number of halogens is 1. The molecule has 0 amide bonds. The van der Waals surface area contributed by atoms with Gasteiger partial charge in [-0.05, 0) is 73.2 Å². The number of carbonyl (C=O) groups is 1. The molecule has 0 unspecified atom stereocenters. The molecule has 1 saturated carbocycles. The number of sulfonamides is 1. The molecule has 1 fully saturated rings. The maximum atomic E-state index is 15.3. The van der Waals surface area contributed by atoms with E-state index in [1.807, 2.05) is 37.3 Å². The number of carbonyl (C=O) groups excluding carboxylic acids is 1. The fourth-order valence-electron chi connectivity index (χ4n) is 4.85. The van der Waals surface area contributed by atoms with E-state index in [0.29, 0.717) is 17.1 Å². The van der Waals surface area contributed by atoms with Gasteiger partial charge in [-0.3, -0.25) is 4.79 Å². The molecule has 0 saturated heterocycles. The van der Waals surface area contributed by atoms with Crippen molar-refractivity contribution in [3.63, 3.8) is 0 Å². The van der Waals surface area contributed by atoms with Crippen LogP contribution >= 0.6 is 0 Å². The zero-order chi connectivity index (χ0) is 28.0. The van der Waals surface area contributed by atoms with Crippen LogP contribution in [0.5, 0.6) is 11.5 Å². The van der Waals surface area contributed by atoms with Crippen LogP contribution in [0.1, 0.15) is 36.5 Å². The van der Waals surface area contributed by atoms with Crippen molar-refractivity contribution in [2.75, 3.05) is 20.0 Å². The zero-order valence-corrected chi connectivity index (χ0v) is 22.5. The maximum absolute atomic E-state index is 15.3. The average Bonchev–Trinajstić information content (AvgIpc) is 3.60. The lowest BCUT2D eigenvalue weighted by atomic mass is 9.87. The van der Waals surface area contributed by atoms with Crippen LogP contribution in [0.2, 0.25) is 0 Å². The summed E-state index contributed by atoms with van der Waals surface area (Å²) in [5, 5.41) is 18.8. The van der Waals surface area contributed by atoms with E-state index in [1.54, 1.807) is 6.07 Å². The molecule has 10 heteroatoms. The Kier molecular flexibility index (Phi) is 7.00. The van der Waals surface area contributed by atoms with Gasteiger partial charge in [-0.25, -0.2) is 17.5 Å². The number of ketones is 1. The number of rotatable bonds is 10. The van der Waals surface area contributed by atoms with Crippen molar-refractivity contribution in [2.24, 2.45) is 0 Å². The molecule has 1 aliphatic heterocycles. The highest BCUT2D eigenvalue weighted by Gasteiger charge is 2.50. The Hall–Kier alpha value is -3.31. The van der Waals surface area contributed by atoms with Gasteiger partial charge in [-0.15, -0.1) is 0 Å². The highest BCUT2D eigenvalue weighted by atomic mass is 32.2. The van der Waals surface area contributed by atoms with Gasteiger partial charge in [0.05, 0.1) is 29.1 Å². The normalized spacial score (nSPS) is 15.8. The monoisotopic (exact) mass is 555 g/mol. The van der Waals surface area contributed by atoms with E-state index in [4.69, 9.17) is 9.47 Å². The first-order chi connectivity index (χ1) is 18.5. The Morgan fingerprint density at radius 2 is 1.72 bits per heavy atom. The van der Waals surface area contributed by atoms with Crippen molar-refractivity contribution >= 4 is 15.8 Å². The van der Waals surface area contributed by atoms with Crippen molar-refractivity contribution in [3.05, 3.63) is 77.1 Å². The number of aliphatic hydroxyl groups excluding tert-OH is 2. The first-order valence-corrected chi connectivity index (χ1v) is 14.1. The van der Waals surface area contributed by atoms with Gasteiger partial charge in [-0.1, -0.05) is 30.3 Å². The van der Waals surface area contributed by atoms with Crippen molar-refractivity contribution in [1.29, 1.82) is 0 Å². The van der Waals surface area contributed by atoms with Gasteiger partial charge in [0.25, 0.3) is 0 Å². The van der Waals surface area contributed by atoms with Crippen LogP contribution in [-0.2, 0) is 26.7 Å². The predicted molar refractivity (Wildman–Crippen MR) is 142 cm³/mol. The number of hydrogen-bond acceptors (Lipinski definition) is 7. The third kappa shape index (κ3) is 5.17. The van der Waals surface area contributed by atoms with E-state index < -0.39 is 40.0 Å². The maximum Gasteiger partial charge on any atom is 0.241 e. The number of fused-ring (bicyclic) bond motifs is 1. The number of Topliss-reactive ketones (excluding diaryl/α,β-unsaturated/α-hetero) is 1. The van der Waals surface area contributed by atoms with Gasteiger partial charge in [0.2, 0.25) is 16.8 Å². The summed E-state index contributed by atoms with van der Waals surface area (Å²) >= 11 is 0. The fraction of sp³-hybridized carbons (Fsp3) is 0.345. The molecular weight excluding hydrogens is 525 g/mol. The predicted octanol–water partition coefficient (Wildman–Crippen LogP) is 3.39. The van der Waals surface area contributed by atoms with E-state index in [1.165, 1.54) is 19.1 Å². The molecule has 5 rings (SSSR count). The van der Waals surface area contributed by atoms with Crippen LogP contribution in [0, 0.1) is 12.7 Å². The fourth-order valence-corrected chi connectivity index (χ4v) is 6.25. The van der Waals surface area contributed by atoms with Crippen molar-refractivity contribution < 1.29 is 37.3 Å². The van der Waals surface area contributed by atoms with Crippen molar-refractivity contribution in [2.45, 2.75) is 49.0 Å². The summed E-state index contributed by atoms with van der Waals surface area (Å²) in [6, 6.07) is 14.6. The van der Waals surface area contributed by atoms with E-state index in [0.717, 1.165) is 35.6 Å². The van der Waals surface area contributed by atoms with E-state index >= 15 is 4.39 Å². The molecule has 1 aliphatic carbocycles. The van der Waals surface area contributed by atoms with Crippen molar-refractivity contribution in [3.8, 4) is 22.6 Å². The third-order valence-electron chi connectivity index (χ3n) is 7.50. The SMILES string of the molecule is Cc1ccc(CC(=O)C2(c3ccc4c(c3)OCO4)CC2)cc1-c1ccc(S(=O)(=O)NC(C)(CO)CO)cc1F. The summed E-state index contributed by atoms with van der Waals surface area (Å²) < 4.78 is 53.8. The molecule has 3 aromatic rings. The number of nitrogens with one attached hydrogen (secondary N) is 1. The van der Waals surface area contributed by atoms with Crippen LogP contribution in [0.3, 0.4) is 0 Å². The third-order valence-corrected chi connectivity index (χ3v) is 9.13. The molecule has 1 heterocycles. The van der Waals surface area contributed by atoms with Gasteiger partial charge in [-0.2, -0.15) is 0 Å². The Balaban J connectivity index is 1.39. The second kappa shape index (κ2) is 10.0. The average molecular weight is 556 g/mol. The molecule has 8 nitrogen and oxygen atoms in total. The van der Waals surface area contributed by atoms with E-state index in [2.05, 4.69) is 4.72 Å². The largest absolute Gasteiger partial charge is 0.454 e. The summed E-state index contributed by atoms with van der Waals surface area (Å²) in [5.41, 5.74) is 1.08. The molecular formula is C29H30FNO7S. The smallest absolute Gasteiger partial charge is 0.241 e. The van der Waals surface area contributed by atoms with Crippen LogP contribution in [-0.4, -0.2) is 50.0 Å². The molecule has 206 valence electrons. The summed E-state index contributed by atoms with van der Waals surface area (Å²) in [5.74, 6) is 0.619. The minimum atomic E-state index is -4.21. The first kappa shape index (κ1) is 27.3. The van der Waals surface area contributed by atoms with Gasteiger partial charge in [0, 0.05) is 12.0 Å². The highest BCUT2D eigenvalue weighted by Crippen LogP contribution is 2.51. The quantitative estimate of drug-likeness (QED) is 0.351. The van der Waals surface area contributed by atoms with Crippen LogP contribution in [0.25, 0.3) is 11.1 Å². The first-order valence-electron chi connectivity index (χ1n) is 12.6.